The maximum atomic E-state index is 10.6. The number of halogens is 1. The minimum atomic E-state index is -0.607. The molecule has 1 aliphatic rings. The maximum absolute atomic E-state index is 10.6. The van der Waals surface area contributed by atoms with Crippen molar-refractivity contribution in [3.8, 4) is 0 Å². The molecule has 1 atom stereocenters. The number of aliphatic hydroxyl groups is 1. The topological polar surface area (TPSA) is 20.2 Å². The fourth-order valence-corrected chi connectivity index (χ4v) is 2.78. The van der Waals surface area contributed by atoms with E-state index in [-0.39, 0.29) is 5.41 Å². The smallest absolute Gasteiger partial charge is 0.0901 e. The Balaban J connectivity index is 2.27. The van der Waals surface area contributed by atoms with E-state index < -0.39 is 5.60 Å². The first-order chi connectivity index (χ1) is 6.91. The molecule has 1 nitrogen and oxygen atoms in total. The fraction of sp³-hybridized carbons (Fsp3) is 0.538. The van der Waals surface area contributed by atoms with Crippen molar-refractivity contribution in [1.82, 2.24) is 0 Å². The van der Waals surface area contributed by atoms with Crippen molar-refractivity contribution in [2.75, 3.05) is 0 Å². The molecule has 1 aromatic carbocycles. The van der Waals surface area contributed by atoms with Crippen LogP contribution in [-0.2, 0) is 5.60 Å². The minimum absolute atomic E-state index is 0.266. The van der Waals surface area contributed by atoms with E-state index in [1.54, 1.807) is 0 Å². The fourth-order valence-electron chi connectivity index (χ4n) is 2.52. The highest BCUT2D eigenvalue weighted by atomic mass is 79.9. The van der Waals surface area contributed by atoms with Crippen LogP contribution in [0.2, 0.25) is 0 Å². The van der Waals surface area contributed by atoms with Crippen molar-refractivity contribution in [3.63, 3.8) is 0 Å². The van der Waals surface area contributed by atoms with E-state index in [0.717, 1.165) is 29.3 Å². The molecule has 0 radical (unpaired) electrons. The van der Waals surface area contributed by atoms with E-state index in [0.29, 0.717) is 0 Å². The Morgan fingerprint density at radius 2 is 1.73 bits per heavy atom. The molecule has 0 spiro atoms. The molecule has 1 N–H and O–H groups in total. The van der Waals surface area contributed by atoms with Crippen LogP contribution in [0.15, 0.2) is 28.7 Å². The van der Waals surface area contributed by atoms with Gasteiger partial charge in [0.05, 0.1) is 5.60 Å². The summed E-state index contributed by atoms with van der Waals surface area (Å²) in [4.78, 5) is 0. The summed E-state index contributed by atoms with van der Waals surface area (Å²) in [7, 11) is 0. The van der Waals surface area contributed by atoms with Gasteiger partial charge in [0.1, 0.15) is 0 Å². The lowest BCUT2D eigenvalue weighted by atomic mass is 9.86. The molecule has 0 amide bonds. The molecule has 1 aromatic rings. The first kappa shape index (κ1) is 11.2. The highest BCUT2D eigenvalue weighted by Crippen LogP contribution is 2.48. The Kier molecular flexibility index (Phi) is 2.68. The molecule has 1 saturated carbocycles. The average molecular weight is 269 g/mol. The second kappa shape index (κ2) is 3.60. The van der Waals surface area contributed by atoms with E-state index in [1.807, 2.05) is 24.3 Å². The Hall–Kier alpha value is -0.340. The van der Waals surface area contributed by atoms with Crippen molar-refractivity contribution in [1.29, 1.82) is 0 Å². The van der Waals surface area contributed by atoms with Gasteiger partial charge < -0.3 is 5.11 Å². The van der Waals surface area contributed by atoms with Gasteiger partial charge in [-0.3, -0.25) is 0 Å². The molecule has 0 heterocycles. The zero-order chi connectivity index (χ0) is 11.1. The van der Waals surface area contributed by atoms with Crippen LogP contribution >= 0.6 is 15.9 Å². The Morgan fingerprint density at radius 1 is 1.13 bits per heavy atom. The van der Waals surface area contributed by atoms with Crippen LogP contribution < -0.4 is 0 Å². The van der Waals surface area contributed by atoms with Gasteiger partial charge in [-0.25, -0.2) is 0 Å². The van der Waals surface area contributed by atoms with E-state index in [4.69, 9.17) is 0 Å². The number of rotatable bonds is 1. The molecule has 82 valence electrons. The average Bonchev–Trinajstić information content (AvgIpc) is 2.43. The van der Waals surface area contributed by atoms with Crippen LogP contribution in [0.3, 0.4) is 0 Å². The molecule has 2 heteroatoms. The molecule has 2 rings (SSSR count). The number of benzene rings is 1. The second-order valence-electron chi connectivity index (χ2n) is 5.38. The van der Waals surface area contributed by atoms with Crippen molar-refractivity contribution in [2.45, 2.75) is 38.7 Å². The van der Waals surface area contributed by atoms with E-state index in [9.17, 15) is 5.11 Å². The third-order valence-corrected chi connectivity index (χ3v) is 3.90. The number of hydrogen-bond acceptors (Lipinski definition) is 1. The normalized spacial score (nSPS) is 29.3. The third-order valence-electron chi connectivity index (χ3n) is 3.37. The molecule has 0 bridgehead atoms. The second-order valence-corrected chi connectivity index (χ2v) is 6.30. The number of hydrogen-bond donors (Lipinski definition) is 1. The quantitative estimate of drug-likeness (QED) is 0.821. The molecule has 15 heavy (non-hydrogen) atoms. The molecule has 1 fully saturated rings. The summed E-state index contributed by atoms with van der Waals surface area (Å²) in [6.45, 7) is 4.45. The predicted octanol–water partition coefficient (Wildman–Crippen LogP) is 3.85. The van der Waals surface area contributed by atoms with Gasteiger partial charge in [0.25, 0.3) is 0 Å². The van der Waals surface area contributed by atoms with Crippen molar-refractivity contribution in [2.24, 2.45) is 5.41 Å². The Labute approximate surface area is 99.6 Å². The van der Waals surface area contributed by atoms with Crippen LogP contribution in [0.1, 0.15) is 38.7 Å². The van der Waals surface area contributed by atoms with Crippen LogP contribution in [0.25, 0.3) is 0 Å². The first-order valence-corrected chi connectivity index (χ1v) is 6.19. The maximum Gasteiger partial charge on any atom is 0.0901 e. The van der Waals surface area contributed by atoms with Crippen LogP contribution in [0, 0.1) is 5.41 Å². The third kappa shape index (κ3) is 2.26. The lowest BCUT2D eigenvalue weighted by Gasteiger charge is -2.25. The molecule has 0 aliphatic heterocycles. The van der Waals surface area contributed by atoms with E-state index in [1.165, 1.54) is 0 Å². The van der Waals surface area contributed by atoms with Gasteiger partial charge in [-0.1, -0.05) is 41.9 Å². The van der Waals surface area contributed by atoms with E-state index in [2.05, 4.69) is 29.8 Å². The molecule has 0 aromatic heterocycles. The van der Waals surface area contributed by atoms with Gasteiger partial charge in [-0.2, -0.15) is 0 Å². The summed E-state index contributed by atoms with van der Waals surface area (Å²) in [5.74, 6) is 0. The van der Waals surface area contributed by atoms with Gasteiger partial charge in [0.15, 0.2) is 0 Å². The monoisotopic (exact) mass is 268 g/mol. The lowest BCUT2D eigenvalue weighted by Crippen LogP contribution is -2.23. The predicted molar refractivity (Wildman–Crippen MR) is 65.7 cm³/mol. The summed E-state index contributed by atoms with van der Waals surface area (Å²) in [5.41, 5.74) is 0.711. The zero-order valence-electron chi connectivity index (χ0n) is 9.26. The molecular formula is C13H17BrO. The summed E-state index contributed by atoms with van der Waals surface area (Å²) in [5, 5.41) is 10.6. The van der Waals surface area contributed by atoms with Crippen molar-refractivity contribution >= 4 is 15.9 Å². The van der Waals surface area contributed by atoms with Gasteiger partial charge in [0.2, 0.25) is 0 Å². The van der Waals surface area contributed by atoms with Crippen LogP contribution in [0.5, 0.6) is 0 Å². The molecule has 1 aliphatic carbocycles. The zero-order valence-corrected chi connectivity index (χ0v) is 10.8. The standard InChI is InChI=1S/C13H17BrO/c1-12(2)7-8-13(15,9-12)10-3-5-11(14)6-4-10/h3-6,15H,7-9H2,1-2H3. The largest absolute Gasteiger partial charge is 0.385 e. The Morgan fingerprint density at radius 3 is 2.20 bits per heavy atom. The van der Waals surface area contributed by atoms with Crippen LogP contribution in [-0.4, -0.2) is 5.11 Å². The summed E-state index contributed by atoms with van der Waals surface area (Å²) >= 11 is 3.41. The van der Waals surface area contributed by atoms with Crippen molar-refractivity contribution < 1.29 is 5.11 Å². The molecule has 0 saturated heterocycles. The molecular weight excluding hydrogens is 252 g/mol. The summed E-state index contributed by atoms with van der Waals surface area (Å²) in [6.07, 6.45) is 2.84. The van der Waals surface area contributed by atoms with Gasteiger partial charge in [-0.05, 0) is 42.4 Å². The first-order valence-electron chi connectivity index (χ1n) is 5.40. The van der Waals surface area contributed by atoms with Gasteiger partial charge >= 0.3 is 0 Å². The highest BCUT2D eigenvalue weighted by Gasteiger charge is 2.42. The highest BCUT2D eigenvalue weighted by molar-refractivity contribution is 9.10. The Bertz CT molecular complexity index is 355. The summed E-state index contributed by atoms with van der Waals surface area (Å²) < 4.78 is 1.06. The van der Waals surface area contributed by atoms with Gasteiger partial charge in [0, 0.05) is 4.47 Å². The lowest BCUT2D eigenvalue weighted by molar-refractivity contribution is 0.0338. The summed E-state index contributed by atoms with van der Waals surface area (Å²) in [6, 6.07) is 8.04. The molecule has 1 unspecified atom stereocenters. The van der Waals surface area contributed by atoms with Crippen molar-refractivity contribution in [3.05, 3.63) is 34.3 Å². The SMILES string of the molecule is CC1(C)CCC(O)(c2ccc(Br)cc2)C1. The van der Waals surface area contributed by atoms with Gasteiger partial charge in [-0.15, -0.1) is 0 Å². The van der Waals surface area contributed by atoms with E-state index >= 15 is 0 Å². The minimum Gasteiger partial charge on any atom is -0.385 e. The van der Waals surface area contributed by atoms with Crippen LogP contribution in [0.4, 0.5) is 0 Å².